The Morgan fingerprint density at radius 1 is 0.905 bits per heavy atom. The molecule has 2 aromatic rings. The van der Waals surface area contributed by atoms with Crippen molar-refractivity contribution in [2.45, 2.75) is 0 Å². The summed E-state index contributed by atoms with van der Waals surface area (Å²) < 4.78 is 34.8. The molecule has 0 atom stereocenters. The molecule has 0 aromatic heterocycles. The average molecular weight is 308 g/mol. The monoisotopic (exact) mass is 308 g/mol. The Kier molecular flexibility index (Phi) is 4.68. The number of benzene rings is 2. The molecule has 0 radical (unpaired) electrons. The van der Waals surface area contributed by atoms with Gasteiger partial charge in [-0.2, -0.15) is 0 Å². The molecule has 0 fully saturated rings. The summed E-state index contributed by atoms with van der Waals surface area (Å²) in [7, 11) is -0.736. The molecule has 0 saturated carbocycles. The maximum absolute atomic E-state index is 12.8. The van der Waals surface area contributed by atoms with Crippen molar-refractivity contribution in [3.05, 3.63) is 65.5 Å². The first-order chi connectivity index (χ1) is 10.00. The summed E-state index contributed by atoms with van der Waals surface area (Å²) in [5.74, 6) is -0.644. The third kappa shape index (κ3) is 3.27. The van der Waals surface area contributed by atoms with E-state index in [1.165, 1.54) is 62.8 Å². The Morgan fingerprint density at radius 3 is 1.76 bits per heavy atom. The highest BCUT2D eigenvalue weighted by Gasteiger charge is 2.24. The zero-order valence-corrected chi connectivity index (χ0v) is 12.5. The van der Waals surface area contributed by atoms with Crippen molar-refractivity contribution in [1.29, 1.82) is 0 Å². The molecule has 21 heavy (non-hydrogen) atoms. The second-order valence-corrected chi connectivity index (χ2v) is 6.49. The van der Waals surface area contributed by atoms with Crippen molar-refractivity contribution >= 4 is 18.7 Å². The van der Waals surface area contributed by atoms with E-state index in [0.29, 0.717) is 16.4 Å². The third-order valence-electron chi connectivity index (χ3n) is 3.03. The van der Waals surface area contributed by atoms with Crippen LogP contribution in [0, 0.1) is 5.82 Å². The standard InChI is InChI=1S/C15H14FO4P/c1-19-21(18,20-2)14-9-5-12(6-10-14)15(17)11-3-7-13(16)8-4-11/h3-10H,1-2H3. The number of halogens is 1. The van der Waals surface area contributed by atoms with Crippen molar-refractivity contribution in [1.82, 2.24) is 0 Å². The normalized spacial score (nSPS) is 11.4. The van der Waals surface area contributed by atoms with E-state index in [4.69, 9.17) is 9.05 Å². The molecular weight excluding hydrogens is 294 g/mol. The van der Waals surface area contributed by atoms with E-state index in [0.717, 1.165) is 0 Å². The summed E-state index contributed by atoms with van der Waals surface area (Å²) >= 11 is 0. The predicted octanol–water partition coefficient (Wildman–Crippen LogP) is 3.17. The van der Waals surface area contributed by atoms with Gasteiger partial charge in [-0.15, -0.1) is 0 Å². The lowest BCUT2D eigenvalue weighted by Crippen LogP contribution is -2.09. The minimum Gasteiger partial charge on any atom is -0.309 e. The molecule has 0 aliphatic heterocycles. The van der Waals surface area contributed by atoms with Gasteiger partial charge in [0.15, 0.2) is 5.78 Å². The van der Waals surface area contributed by atoms with Crippen LogP contribution in [0.4, 0.5) is 4.39 Å². The Balaban J connectivity index is 2.29. The second kappa shape index (κ2) is 6.31. The van der Waals surface area contributed by atoms with Gasteiger partial charge in [0.1, 0.15) is 5.82 Å². The van der Waals surface area contributed by atoms with Crippen molar-refractivity contribution in [2.75, 3.05) is 14.2 Å². The minimum absolute atomic E-state index is 0.244. The van der Waals surface area contributed by atoms with Crippen molar-refractivity contribution in [2.24, 2.45) is 0 Å². The number of hydrogen-bond acceptors (Lipinski definition) is 4. The summed E-state index contributed by atoms with van der Waals surface area (Å²) in [6.45, 7) is 0. The minimum atomic E-state index is -3.32. The fourth-order valence-electron chi connectivity index (χ4n) is 1.85. The fourth-order valence-corrected chi connectivity index (χ4v) is 2.93. The van der Waals surface area contributed by atoms with Crippen LogP contribution >= 0.6 is 7.60 Å². The maximum Gasteiger partial charge on any atom is 0.360 e. The number of hydrogen-bond donors (Lipinski definition) is 0. The molecule has 0 aliphatic carbocycles. The fraction of sp³-hybridized carbons (Fsp3) is 0.133. The quantitative estimate of drug-likeness (QED) is 0.629. The van der Waals surface area contributed by atoms with Gasteiger partial charge in [-0.05, 0) is 36.4 Å². The van der Waals surface area contributed by atoms with Crippen LogP contribution in [0.15, 0.2) is 48.5 Å². The van der Waals surface area contributed by atoms with E-state index in [-0.39, 0.29) is 5.78 Å². The van der Waals surface area contributed by atoms with E-state index in [1.54, 1.807) is 0 Å². The Bertz CT molecular complexity index is 672. The van der Waals surface area contributed by atoms with E-state index in [1.807, 2.05) is 0 Å². The maximum atomic E-state index is 12.8. The zero-order valence-electron chi connectivity index (χ0n) is 11.6. The van der Waals surface area contributed by atoms with Gasteiger partial charge in [-0.3, -0.25) is 9.36 Å². The summed E-state index contributed by atoms with van der Waals surface area (Å²) in [5.41, 5.74) is 0.787. The van der Waals surface area contributed by atoms with Crippen molar-refractivity contribution < 1.29 is 22.8 Å². The Labute approximate surface area is 122 Å². The zero-order chi connectivity index (χ0) is 15.5. The van der Waals surface area contributed by atoms with E-state index >= 15 is 0 Å². The summed E-state index contributed by atoms with van der Waals surface area (Å²) in [6, 6.07) is 11.4. The van der Waals surface area contributed by atoms with Gasteiger partial charge < -0.3 is 9.05 Å². The topological polar surface area (TPSA) is 52.6 Å². The predicted molar refractivity (Wildman–Crippen MR) is 77.5 cm³/mol. The molecule has 0 bridgehead atoms. The van der Waals surface area contributed by atoms with Crippen LogP contribution in [0.1, 0.15) is 15.9 Å². The molecule has 4 nitrogen and oxygen atoms in total. The second-order valence-electron chi connectivity index (χ2n) is 4.25. The molecular formula is C15H14FO4P. The third-order valence-corrected chi connectivity index (χ3v) is 4.92. The molecule has 0 aliphatic rings. The van der Waals surface area contributed by atoms with Gasteiger partial charge in [0.05, 0.1) is 5.30 Å². The first-order valence-electron chi connectivity index (χ1n) is 6.12. The molecule has 0 amide bonds. The van der Waals surface area contributed by atoms with E-state index in [9.17, 15) is 13.8 Å². The highest BCUT2D eigenvalue weighted by atomic mass is 31.2. The van der Waals surface area contributed by atoms with Gasteiger partial charge >= 0.3 is 7.60 Å². The van der Waals surface area contributed by atoms with Crippen LogP contribution in [-0.2, 0) is 13.6 Å². The number of rotatable bonds is 5. The number of ketones is 1. The lowest BCUT2D eigenvalue weighted by Gasteiger charge is -2.13. The van der Waals surface area contributed by atoms with Crippen LogP contribution in [0.25, 0.3) is 0 Å². The SMILES string of the molecule is COP(=O)(OC)c1ccc(C(=O)c2ccc(F)cc2)cc1. The summed E-state index contributed by atoms with van der Waals surface area (Å²) in [6.07, 6.45) is 0. The first kappa shape index (κ1) is 15.6. The summed E-state index contributed by atoms with van der Waals surface area (Å²) in [4.78, 5) is 12.2. The molecule has 0 unspecified atom stereocenters. The van der Waals surface area contributed by atoms with Gasteiger partial charge in [0.25, 0.3) is 0 Å². The van der Waals surface area contributed by atoms with Gasteiger partial charge in [-0.25, -0.2) is 4.39 Å². The lowest BCUT2D eigenvalue weighted by atomic mass is 10.0. The highest BCUT2D eigenvalue weighted by molar-refractivity contribution is 7.62. The number of carbonyl (C=O) groups excluding carboxylic acids is 1. The smallest absolute Gasteiger partial charge is 0.309 e. The van der Waals surface area contributed by atoms with Crippen LogP contribution in [0.2, 0.25) is 0 Å². The molecule has 110 valence electrons. The van der Waals surface area contributed by atoms with Gasteiger partial charge in [0.2, 0.25) is 0 Å². The summed E-state index contributed by atoms with van der Waals surface area (Å²) in [5, 5.41) is 0.364. The van der Waals surface area contributed by atoms with Crippen molar-refractivity contribution in [3.8, 4) is 0 Å². The molecule has 6 heteroatoms. The van der Waals surface area contributed by atoms with Crippen LogP contribution in [-0.4, -0.2) is 20.0 Å². The Hall–Kier alpha value is -1.81. The molecule has 2 aromatic carbocycles. The lowest BCUT2D eigenvalue weighted by molar-refractivity contribution is 0.103. The Morgan fingerprint density at radius 2 is 1.33 bits per heavy atom. The van der Waals surface area contributed by atoms with Crippen LogP contribution in [0.3, 0.4) is 0 Å². The first-order valence-corrected chi connectivity index (χ1v) is 7.67. The van der Waals surface area contributed by atoms with Gasteiger partial charge in [0, 0.05) is 25.3 Å². The van der Waals surface area contributed by atoms with Gasteiger partial charge in [-0.1, -0.05) is 12.1 Å². The number of carbonyl (C=O) groups is 1. The largest absolute Gasteiger partial charge is 0.360 e. The van der Waals surface area contributed by atoms with Crippen LogP contribution in [0.5, 0.6) is 0 Å². The van der Waals surface area contributed by atoms with E-state index < -0.39 is 13.4 Å². The highest BCUT2D eigenvalue weighted by Crippen LogP contribution is 2.44. The van der Waals surface area contributed by atoms with Crippen LogP contribution < -0.4 is 5.30 Å². The molecule has 0 N–H and O–H groups in total. The average Bonchev–Trinajstić information content (AvgIpc) is 2.54. The molecule has 2 rings (SSSR count). The van der Waals surface area contributed by atoms with Crippen molar-refractivity contribution in [3.63, 3.8) is 0 Å². The molecule has 0 heterocycles. The van der Waals surface area contributed by atoms with E-state index in [2.05, 4.69) is 0 Å². The molecule has 0 spiro atoms. The molecule has 0 saturated heterocycles.